The van der Waals surface area contributed by atoms with E-state index in [-0.39, 0.29) is 33.8 Å². The minimum absolute atomic E-state index is 0.146. The Morgan fingerprint density at radius 3 is 2.43 bits per heavy atom. The van der Waals surface area contributed by atoms with Crippen molar-refractivity contribution in [2.75, 3.05) is 4.90 Å². The number of nitrogens with one attached hydrogen (secondary N) is 1. The van der Waals surface area contributed by atoms with E-state index in [1.54, 1.807) is 6.07 Å². The molecule has 6 nitrogen and oxygen atoms in total. The van der Waals surface area contributed by atoms with Crippen molar-refractivity contribution >= 4 is 52.2 Å². The number of benzene rings is 3. The fourth-order valence-electron chi connectivity index (χ4n) is 8.25. The number of carbonyl (C=O) groups is 2. The van der Waals surface area contributed by atoms with Crippen LogP contribution in [0, 0.1) is 36.5 Å². The zero-order valence-electron chi connectivity index (χ0n) is 24.2. The molecule has 4 aromatic rings. The number of alkyl halides is 3. The number of anilines is 1. The number of imide groups is 1. The number of ether oxygens (including phenoxy) is 1. The molecule has 7 atom stereocenters. The van der Waals surface area contributed by atoms with Crippen LogP contribution in [0.3, 0.4) is 0 Å². The van der Waals surface area contributed by atoms with Gasteiger partial charge in [0.25, 0.3) is 0 Å². The van der Waals surface area contributed by atoms with Crippen molar-refractivity contribution in [3.8, 4) is 5.75 Å². The summed E-state index contributed by atoms with van der Waals surface area (Å²) in [6.45, 7) is 2.31. The van der Waals surface area contributed by atoms with Gasteiger partial charge in [0.15, 0.2) is 0 Å². The van der Waals surface area contributed by atoms with Crippen LogP contribution in [0.25, 0.3) is 0 Å². The Labute approximate surface area is 274 Å². The highest BCUT2D eigenvalue weighted by atomic mass is 35.5. The van der Waals surface area contributed by atoms with E-state index in [4.69, 9.17) is 16.3 Å². The smallest absolute Gasteiger partial charge is 0.418 e. The second-order valence-corrected chi connectivity index (χ2v) is 15.1. The lowest BCUT2D eigenvalue weighted by Gasteiger charge is -2.43. The van der Waals surface area contributed by atoms with E-state index in [0.29, 0.717) is 28.8 Å². The number of hydrogen-bond donors (Lipinski definition) is 1. The Balaban J connectivity index is 1.20. The van der Waals surface area contributed by atoms with Crippen LogP contribution < -0.4 is 14.5 Å². The van der Waals surface area contributed by atoms with Gasteiger partial charge >= 0.3 is 11.0 Å². The van der Waals surface area contributed by atoms with Crippen LogP contribution in [0.5, 0.6) is 5.75 Å². The van der Waals surface area contributed by atoms with Crippen molar-refractivity contribution in [2.45, 2.75) is 42.3 Å². The maximum Gasteiger partial charge on any atom is 0.418 e. The van der Waals surface area contributed by atoms with E-state index >= 15 is 0 Å². The molecule has 236 valence electrons. The molecule has 0 radical (unpaired) electrons. The molecule has 8 rings (SSSR count). The number of aromatic nitrogens is 1. The molecule has 1 saturated heterocycles. The van der Waals surface area contributed by atoms with Crippen LogP contribution in [0.2, 0.25) is 5.02 Å². The Bertz CT molecular complexity index is 1960. The largest absolute Gasteiger partial charge is 0.489 e. The van der Waals surface area contributed by atoms with Gasteiger partial charge in [-0.25, -0.2) is 4.90 Å². The van der Waals surface area contributed by atoms with Gasteiger partial charge in [-0.1, -0.05) is 64.9 Å². The second-order valence-electron chi connectivity index (χ2n) is 12.4. The van der Waals surface area contributed by atoms with Gasteiger partial charge in [-0.05, 0) is 67.0 Å². The first-order valence-electron chi connectivity index (χ1n) is 14.9. The Kier molecular flexibility index (Phi) is 6.97. The number of hydrogen-bond acceptors (Lipinski definition) is 6. The number of halogens is 4. The molecule has 1 N–H and O–H groups in total. The lowest BCUT2D eigenvalue weighted by atomic mass is 9.68. The summed E-state index contributed by atoms with van der Waals surface area (Å²) in [5, 5.41) is 1.05. The average Bonchev–Trinajstić information content (AvgIpc) is 3.75. The van der Waals surface area contributed by atoms with Crippen LogP contribution in [-0.4, -0.2) is 22.0 Å². The Morgan fingerprint density at radius 2 is 1.70 bits per heavy atom. The molecule has 46 heavy (non-hydrogen) atoms. The van der Waals surface area contributed by atoms with Crippen LogP contribution in [-0.2, 0) is 22.4 Å². The molecule has 3 heterocycles. The van der Waals surface area contributed by atoms with Crippen molar-refractivity contribution < 1.29 is 27.5 Å². The number of H-pyrrole nitrogens is 1. The van der Waals surface area contributed by atoms with Crippen molar-refractivity contribution in [2.24, 2.45) is 29.6 Å². The van der Waals surface area contributed by atoms with Gasteiger partial charge < -0.3 is 9.72 Å². The van der Waals surface area contributed by atoms with Crippen LogP contribution in [0.1, 0.15) is 39.5 Å². The van der Waals surface area contributed by atoms with Gasteiger partial charge in [-0.15, -0.1) is 11.8 Å². The summed E-state index contributed by atoms with van der Waals surface area (Å²) in [6, 6.07) is 18.2. The topological polar surface area (TPSA) is 79.5 Å². The van der Waals surface area contributed by atoms with Gasteiger partial charge in [0.05, 0.1) is 28.1 Å². The van der Waals surface area contributed by atoms with Gasteiger partial charge in [-0.3, -0.25) is 14.4 Å². The standard InChI is InChI=1S/C34H26ClF3N2O4S2/c1-15-6-8-16(9-7-15)14-44-23-11-10-17(35)12-18(23)24-25-19-13-20(28(25)45-30-29(24)46-33(43)39-30)27-26(19)31(41)40(32(27)42)22-5-3-2-4-21(22)34(36,37)38/h2-12,19-20,24-28H,13-14H2,1H3,(H,39,43)/t19-,20-,24?,25?,26?,27?,28?/m1/s1. The number of amides is 2. The van der Waals surface area contributed by atoms with Gasteiger partial charge in [0, 0.05) is 26.6 Å². The molecule has 3 fully saturated rings. The summed E-state index contributed by atoms with van der Waals surface area (Å²) in [5.74, 6) is -3.13. The highest BCUT2D eigenvalue weighted by Crippen LogP contribution is 2.69. The summed E-state index contributed by atoms with van der Waals surface area (Å²) in [7, 11) is 0. The predicted octanol–water partition coefficient (Wildman–Crippen LogP) is 7.67. The van der Waals surface area contributed by atoms with Crippen molar-refractivity contribution in [3.63, 3.8) is 0 Å². The molecule has 4 aliphatic rings. The second kappa shape index (κ2) is 10.7. The van der Waals surface area contributed by atoms with Gasteiger partial charge in [0.2, 0.25) is 11.8 Å². The van der Waals surface area contributed by atoms with E-state index in [0.717, 1.165) is 43.9 Å². The van der Waals surface area contributed by atoms with E-state index in [1.165, 1.54) is 30.0 Å². The summed E-state index contributed by atoms with van der Waals surface area (Å²) >= 11 is 9.19. The minimum atomic E-state index is -4.73. The molecule has 2 saturated carbocycles. The number of aryl methyl sites for hydroxylation is 1. The summed E-state index contributed by atoms with van der Waals surface area (Å²) in [5.41, 5.74) is 1.46. The lowest BCUT2D eigenvalue weighted by Crippen LogP contribution is -2.42. The summed E-state index contributed by atoms with van der Waals surface area (Å²) < 4.78 is 48.4. The molecule has 1 aromatic heterocycles. The fourth-order valence-corrected chi connectivity index (χ4v) is 11.3. The van der Waals surface area contributed by atoms with Crippen LogP contribution >= 0.6 is 34.7 Å². The molecule has 5 unspecified atom stereocenters. The molecule has 2 aliphatic heterocycles. The molecular weight excluding hydrogens is 657 g/mol. The number of thioether (sulfide) groups is 1. The number of rotatable bonds is 5. The third-order valence-corrected chi connectivity index (χ3v) is 12.8. The zero-order chi connectivity index (χ0) is 32.1. The maximum absolute atomic E-state index is 14.1. The lowest BCUT2D eigenvalue weighted by molar-refractivity contribution is -0.137. The van der Waals surface area contributed by atoms with Crippen LogP contribution in [0.4, 0.5) is 18.9 Å². The Morgan fingerprint density at radius 1 is 0.978 bits per heavy atom. The third-order valence-electron chi connectivity index (χ3n) is 10.00. The highest BCUT2D eigenvalue weighted by molar-refractivity contribution is 8.00. The molecular formula is C34H26ClF3N2O4S2. The average molecular weight is 683 g/mol. The number of para-hydroxylation sites is 1. The monoisotopic (exact) mass is 682 g/mol. The Hall–Kier alpha value is -3.54. The number of carbonyl (C=O) groups excluding carboxylic acids is 2. The molecule has 2 amide bonds. The zero-order valence-corrected chi connectivity index (χ0v) is 26.6. The van der Waals surface area contributed by atoms with Gasteiger partial charge in [0.1, 0.15) is 12.4 Å². The summed E-state index contributed by atoms with van der Waals surface area (Å²) in [6.07, 6.45) is -4.13. The number of thiazole rings is 1. The normalized spacial score (nSPS) is 27.9. The number of fused-ring (bicyclic) bond motifs is 9. The van der Waals surface area contributed by atoms with Crippen LogP contribution in [0.15, 0.2) is 76.6 Å². The summed E-state index contributed by atoms with van der Waals surface area (Å²) in [4.78, 5) is 45.1. The molecule has 2 aliphatic carbocycles. The quantitative estimate of drug-likeness (QED) is 0.219. The van der Waals surface area contributed by atoms with Crippen molar-refractivity contribution in [3.05, 3.63) is 109 Å². The first-order chi connectivity index (χ1) is 22.0. The van der Waals surface area contributed by atoms with E-state index < -0.39 is 41.1 Å². The van der Waals surface area contributed by atoms with Crippen molar-refractivity contribution in [1.82, 2.24) is 4.98 Å². The molecule has 2 bridgehead atoms. The maximum atomic E-state index is 14.1. The highest BCUT2D eigenvalue weighted by Gasteiger charge is 2.70. The van der Waals surface area contributed by atoms with E-state index in [2.05, 4.69) is 4.98 Å². The number of aromatic amines is 1. The first-order valence-corrected chi connectivity index (χ1v) is 17.0. The first kappa shape index (κ1) is 29.8. The molecule has 12 heteroatoms. The molecule has 3 aromatic carbocycles. The third kappa shape index (κ3) is 4.57. The van der Waals surface area contributed by atoms with Crippen molar-refractivity contribution in [1.29, 1.82) is 0 Å². The van der Waals surface area contributed by atoms with E-state index in [1.807, 2.05) is 43.3 Å². The SMILES string of the molecule is Cc1ccc(COc2ccc(Cl)cc2C2c3sc(=O)[nH]c3SC3C2[C@H]2C[C@@H]3C3C(=O)N(c4ccccc4C(F)(F)F)C(=O)C32)cc1. The minimum Gasteiger partial charge on any atom is -0.489 e. The predicted molar refractivity (Wildman–Crippen MR) is 169 cm³/mol. The number of nitrogens with zero attached hydrogens (tertiary/aromatic N) is 1. The van der Waals surface area contributed by atoms with Gasteiger partial charge in [-0.2, -0.15) is 13.2 Å². The van der Waals surface area contributed by atoms with E-state index in [9.17, 15) is 27.6 Å². The fraction of sp³-hybridized carbons (Fsp3) is 0.324. The molecule has 0 spiro atoms.